The molecule has 0 spiro atoms. The van der Waals surface area contributed by atoms with Crippen LogP contribution in [0, 0.1) is 5.92 Å². The lowest BCUT2D eigenvalue weighted by Crippen LogP contribution is -2.38. The molecule has 0 aromatic heterocycles. The third-order valence-corrected chi connectivity index (χ3v) is 4.13. The van der Waals surface area contributed by atoms with Crippen molar-refractivity contribution < 1.29 is 14.7 Å². The summed E-state index contributed by atoms with van der Waals surface area (Å²) < 4.78 is 0. The van der Waals surface area contributed by atoms with Crippen molar-refractivity contribution in [3.63, 3.8) is 0 Å². The molecule has 5 heteroatoms. The Labute approximate surface area is 123 Å². The quantitative estimate of drug-likeness (QED) is 0.739. The molecule has 3 unspecified atom stereocenters. The number of benzene rings is 1. The topological polar surface area (TPSA) is 78.4 Å². The Morgan fingerprint density at radius 3 is 2.81 bits per heavy atom. The highest BCUT2D eigenvalue weighted by Crippen LogP contribution is 2.31. The van der Waals surface area contributed by atoms with Gasteiger partial charge in [-0.3, -0.25) is 9.59 Å². The van der Waals surface area contributed by atoms with Crippen molar-refractivity contribution in [2.24, 2.45) is 5.92 Å². The van der Waals surface area contributed by atoms with E-state index >= 15 is 0 Å². The van der Waals surface area contributed by atoms with Gasteiger partial charge in [0.2, 0.25) is 5.91 Å². The van der Waals surface area contributed by atoms with Crippen LogP contribution in [0.25, 0.3) is 0 Å². The first-order valence-electron chi connectivity index (χ1n) is 7.19. The predicted octanol–water partition coefficient (Wildman–Crippen LogP) is 1.73. The molecule has 3 N–H and O–H groups in total. The first kappa shape index (κ1) is 13.7. The molecule has 1 amide bonds. The number of carboxylic acid groups (broad SMARTS) is 1. The normalized spacial score (nSPS) is 26.8. The molecule has 5 nitrogen and oxygen atoms in total. The van der Waals surface area contributed by atoms with E-state index < -0.39 is 11.9 Å². The highest BCUT2D eigenvalue weighted by Gasteiger charge is 2.30. The number of carbonyl (C=O) groups excluding carboxylic acids is 1. The number of aliphatic carboxylic acids is 1. The first-order valence-corrected chi connectivity index (χ1v) is 7.19. The van der Waals surface area contributed by atoms with E-state index in [9.17, 15) is 9.59 Å². The van der Waals surface area contributed by atoms with Crippen molar-refractivity contribution >= 4 is 17.6 Å². The van der Waals surface area contributed by atoms with Crippen LogP contribution in [0.4, 0.5) is 5.69 Å². The molecule has 0 saturated carbocycles. The van der Waals surface area contributed by atoms with Crippen molar-refractivity contribution in [3.05, 3.63) is 42.0 Å². The molecule has 3 rings (SSSR count). The molecular formula is C16H18N2O3. The fourth-order valence-electron chi connectivity index (χ4n) is 3.01. The summed E-state index contributed by atoms with van der Waals surface area (Å²) in [5.41, 5.74) is 2.02. The second-order valence-electron chi connectivity index (χ2n) is 5.54. The van der Waals surface area contributed by atoms with Gasteiger partial charge in [0.25, 0.3) is 0 Å². The molecular weight excluding hydrogens is 268 g/mol. The molecule has 0 radical (unpaired) electrons. The number of hydrogen-bond donors (Lipinski definition) is 3. The molecule has 1 aromatic rings. The molecule has 110 valence electrons. The summed E-state index contributed by atoms with van der Waals surface area (Å²) in [4.78, 5) is 23.4. The minimum absolute atomic E-state index is 0.0235. The average Bonchev–Trinajstić information content (AvgIpc) is 2.95. The number of rotatable bonds is 3. The Morgan fingerprint density at radius 1 is 1.24 bits per heavy atom. The molecule has 1 heterocycles. The van der Waals surface area contributed by atoms with E-state index in [0.29, 0.717) is 6.42 Å². The summed E-state index contributed by atoms with van der Waals surface area (Å²) >= 11 is 0. The molecule has 1 aliphatic carbocycles. The second kappa shape index (κ2) is 5.60. The number of fused-ring (bicyclic) bond motifs is 1. The Kier molecular flexibility index (Phi) is 3.64. The van der Waals surface area contributed by atoms with Gasteiger partial charge in [-0.15, -0.1) is 0 Å². The Balaban J connectivity index is 1.68. The zero-order valence-corrected chi connectivity index (χ0v) is 11.6. The summed E-state index contributed by atoms with van der Waals surface area (Å²) in [6.07, 6.45) is 4.63. The summed E-state index contributed by atoms with van der Waals surface area (Å²) in [6.45, 7) is 0.771. The molecule has 21 heavy (non-hydrogen) atoms. The van der Waals surface area contributed by atoms with Gasteiger partial charge in [0.1, 0.15) is 0 Å². The predicted molar refractivity (Wildman–Crippen MR) is 79.1 cm³/mol. The zero-order chi connectivity index (χ0) is 14.8. The van der Waals surface area contributed by atoms with E-state index in [0.717, 1.165) is 24.2 Å². The van der Waals surface area contributed by atoms with E-state index in [1.165, 1.54) is 0 Å². The fraction of sp³-hybridized carbons (Fsp3) is 0.375. The second-order valence-corrected chi connectivity index (χ2v) is 5.54. The van der Waals surface area contributed by atoms with Gasteiger partial charge in [0.15, 0.2) is 0 Å². The fourth-order valence-corrected chi connectivity index (χ4v) is 3.01. The Hall–Kier alpha value is -2.30. The molecule has 0 saturated heterocycles. The lowest BCUT2D eigenvalue weighted by Gasteiger charge is -2.27. The molecule has 0 fully saturated rings. The van der Waals surface area contributed by atoms with E-state index in [2.05, 4.69) is 10.6 Å². The van der Waals surface area contributed by atoms with Crippen molar-refractivity contribution in [2.45, 2.75) is 24.8 Å². The van der Waals surface area contributed by atoms with Crippen molar-refractivity contribution in [1.82, 2.24) is 5.32 Å². The van der Waals surface area contributed by atoms with Crippen LogP contribution in [-0.4, -0.2) is 29.6 Å². The largest absolute Gasteiger partial charge is 0.481 e. The number of hydrogen-bond acceptors (Lipinski definition) is 3. The van der Waals surface area contributed by atoms with Gasteiger partial charge < -0.3 is 15.7 Å². The average molecular weight is 286 g/mol. The summed E-state index contributed by atoms with van der Waals surface area (Å²) in [6, 6.07) is 7.65. The van der Waals surface area contributed by atoms with Gasteiger partial charge in [-0.2, -0.15) is 0 Å². The molecule has 3 atom stereocenters. The number of para-hydroxylation sites is 1. The van der Waals surface area contributed by atoms with Crippen LogP contribution in [0.2, 0.25) is 0 Å². The van der Waals surface area contributed by atoms with Gasteiger partial charge in [0, 0.05) is 18.3 Å². The Bertz CT molecular complexity index is 597. The van der Waals surface area contributed by atoms with E-state index in [4.69, 9.17) is 5.11 Å². The van der Waals surface area contributed by atoms with Gasteiger partial charge in [-0.1, -0.05) is 30.4 Å². The van der Waals surface area contributed by atoms with E-state index in [1.807, 2.05) is 24.3 Å². The van der Waals surface area contributed by atoms with Gasteiger partial charge in [-0.05, 0) is 24.5 Å². The van der Waals surface area contributed by atoms with Crippen LogP contribution in [0.15, 0.2) is 36.4 Å². The number of carbonyl (C=O) groups is 2. The number of anilines is 1. The standard InChI is InChI=1S/C16H18N2O3/c19-15(18-11-6-5-10(9-11)16(20)21)13-7-8-17-14-4-2-1-3-12(13)14/h1-6,10-11,13,17H,7-9H2,(H,18,19)(H,20,21). The highest BCUT2D eigenvalue weighted by atomic mass is 16.4. The summed E-state index contributed by atoms with van der Waals surface area (Å²) in [5.74, 6) is -1.52. The number of carboxylic acids is 1. The Morgan fingerprint density at radius 2 is 2.05 bits per heavy atom. The van der Waals surface area contributed by atoms with Gasteiger partial charge >= 0.3 is 5.97 Å². The summed E-state index contributed by atoms with van der Waals surface area (Å²) in [7, 11) is 0. The zero-order valence-electron chi connectivity index (χ0n) is 11.6. The van der Waals surface area contributed by atoms with Crippen LogP contribution < -0.4 is 10.6 Å². The van der Waals surface area contributed by atoms with Crippen LogP contribution in [0.3, 0.4) is 0 Å². The maximum absolute atomic E-state index is 12.5. The van der Waals surface area contributed by atoms with E-state index in [-0.39, 0.29) is 17.9 Å². The third kappa shape index (κ3) is 2.77. The third-order valence-electron chi connectivity index (χ3n) is 4.13. The van der Waals surface area contributed by atoms with Crippen molar-refractivity contribution in [1.29, 1.82) is 0 Å². The lowest BCUT2D eigenvalue weighted by molar-refractivity contribution is -0.140. The molecule has 1 aromatic carbocycles. The van der Waals surface area contributed by atoms with Gasteiger partial charge in [0.05, 0.1) is 11.8 Å². The molecule has 0 bridgehead atoms. The maximum Gasteiger partial charge on any atom is 0.310 e. The number of amides is 1. The minimum atomic E-state index is -0.838. The smallest absolute Gasteiger partial charge is 0.310 e. The maximum atomic E-state index is 12.5. The number of nitrogens with one attached hydrogen (secondary N) is 2. The van der Waals surface area contributed by atoms with Gasteiger partial charge in [-0.25, -0.2) is 0 Å². The molecule has 2 aliphatic rings. The lowest BCUT2D eigenvalue weighted by atomic mass is 9.90. The van der Waals surface area contributed by atoms with Crippen LogP contribution in [-0.2, 0) is 9.59 Å². The van der Waals surface area contributed by atoms with Crippen molar-refractivity contribution in [2.75, 3.05) is 11.9 Å². The van der Waals surface area contributed by atoms with E-state index in [1.54, 1.807) is 12.2 Å². The SMILES string of the molecule is O=C(O)C1C=CC(NC(=O)C2CCNc3ccccc32)C1. The summed E-state index contributed by atoms with van der Waals surface area (Å²) in [5, 5.41) is 15.2. The first-order chi connectivity index (χ1) is 10.1. The monoisotopic (exact) mass is 286 g/mol. The molecule has 1 aliphatic heterocycles. The van der Waals surface area contributed by atoms with Crippen LogP contribution in [0.1, 0.15) is 24.3 Å². The van der Waals surface area contributed by atoms with Crippen molar-refractivity contribution in [3.8, 4) is 0 Å². The minimum Gasteiger partial charge on any atom is -0.481 e. The van der Waals surface area contributed by atoms with Crippen LogP contribution in [0.5, 0.6) is 0 Å². The highest BCUT2D eigenvalue weighted by molar-refractivity contribution is 5.87. The van der Waals surface area contributed by atoms with Crippen LogP contribution >= 0.6 is 0 Å².